The van der Waals surface area contributed by atoms with Crippen molar-refractivity contribution in [2.75, 3.05) is 26.2 Å². The number of hydrogen-bond donors (Lipinski definition) is 1. The number of likely N-dealkylation sites (tertiary alicyclic amines) is 1. The van der Waals surface area contributed by atoms with Gasteiger partial charge in [0.15, 0.2) is 0 Å². The third-order valence-corrected chi connectivity index (χ3v) is 5.89. The molecule has 4 rings (SSSR count). The minimum atomic E-state index is -1.51. The Hall–Kier alpha value is -2.18. The third kappa shape index (κ3) is 3.98. The first kappa shape index (κ1) is 19.2. The van der Waals surface area contributed by atoms with Crippen LogP contribution in [0.2, 0.25) is 0 Å². The maximum absolute atomic E-state index is 13.1. The van der Waals surface area contributed by atoms with Crippen LogP contribution in [0.5, 0.6) is 0 Å². The number of hydrogen-bond acceptors (Lipinski definition) is 3. The quantitative estimate of drug-likeness (QED) is 0.814. The summed E-state index contributed by atoms with van der Waals surface area (Å²) in [6.45, 7) is 3.41. The molecule has 1 saturated heterocycles. The number of carbonyl (C=O) groups excluding carboxylic acids is 1. The Morgan fingerprint density at radius 3 is 2.46 bits per heavy atom. The van der Waals surface area contributed by atoms with Crippen LogP contribution in [0.4, 0.5) is 4.39 Å². The summed E-state index contributed by atoms with van der Waals surface area (Å²) in [5.74, 6) is 0.232. The van der Waals surface area contributed by atoms with Crippen molar-refractivity contribution in [3.63, 3.8) is 0 Å². The number of rotatable bonds is 5. The first-order valence-corrected chi connectivity index (χ1v) is 9.79. The van der Waals surface area contributed by atoms with Crippen LogP contribution in [0, 0.1) is 11.7 Å². The van der Waals surface area contributed by atoms with Gasteiger partial charge in [-0.25, -0.2) is 4.39 Å². The molecular formula is C22H24BFN2O2. The lowest BCUT2D eigenvalue weighted by atomic mass is 9.75. The molecule has 2 radical (unpaired) electrons. The third-order valence-electron chi connectivity index (χ3n) is 5.89. The highest BCUT2D eigenvalue weighted by molar-refractivity contribution is 6.14. The fourth-order valence-electron chi connectivity index (χ4n) is 4.27. The molecule has 2 aromatic rings. The van der Waals surface area contributed by atoms with Crippen LogP contribution in [0.3, 0.4) is 0 Å². The maximum atomic E-state index is 13.1. The SMILES string of the molecule is [B]C(O)(CN1CCC(CN2Cc3ccccc3C2=O)CC1)c1ccc(F)cc1. The van der Waals surface area contributed by atoms with Gasteiger partial charge >= 0.3 is 0 Å². The molecule has 28 heavy (non-hydrogen) atoms. The minimum Gasteiger partial charge on any atom is -0.394 e. The van der Waals surface area contributed by atoms with Crippen LogP contribution < -0.4 is 0 Å². The molecule has 2 aliphatic heterocycles. The van der Waals surface area contributed by atoms with Gasteiger partial charge in [0.25, 0.3) is 5.91 Å². The molecule has 144 valence electrons. The van der Waals surface area contributed by atoms with Crippen molar-refractivity contribution in [2.45, 2.75) is 24.9 Å². The summed E-state index contributed by atoms with van der Waals surface area (Å²) in [5, 5.41) is 10.6. The van der Waals surface area contributed by atoms with Crippen LogP contribution in [0.15, 0.2) is 48.5 Å². The van der Waals surface area contributed by atoms with Crippen LogP contribution >= 0.6 is 0 Å². The Bertz CT molecular complexity index is 848. The zero-order chi connectivity index (χ0) is 19.7. The van der Waals surface area contributed by atoms with Crippen molar-refractivity contribution >= 4 is 13.8 Å². The lowest BCUT2D eigenvalue weighted by Crippen LogP contribution is -2.46. The molecule has 2 aromatic carbocycles. The summed E-state index contributed by atoms with van der Waals surface area (Å²) < 4.78 is 13.1. The Morgan fingerprint density at radius 2 is 1.79 bits per heavy atom. The van der Waals surface area contributed by atoms with Crippen molar-refractivity contribution in [2.24, 2.45) is 5.92 Å². The monoisotopic (exact) mass is 378 g/mol. The molecule has 0 spiro atoms. The van der Waals surface area contributed by atoms with Gasteiger partial charge in [0, 0.05) is 25.2 Å². The summed E-state index contributed by atoms with van der Waals surface area (Å²) in [5.41, 5.74) is 0.939. The second-order valence-corrected chi connectivity index (χ2v) is 7.99. The highest BCUT2D eigenvalue weighted by Crippen LogP contribution is 2.27. The molecule has 0 bridgehead atoms. The van der Waals surface area contributed by atoms with Gasteiger partial charge in [-0.1, -0.05) is 30.3 Å². The Kier molecular flexibility index (Phi) is 5.26. The molecule has 1 unspecified atom stereocenters. The largest absolute Gasteiger partial charge is 0.394 e. The molecule has 4 nitrogen and oxygen atoms in total. The van der Waals surface area contributed by atoms with Gasteiger partial charge in [-0.05, 0) is 61.2 Å². The summed E-state index contributed by atoms with van der Waals surface area (Å²) in [6.07, 6.45) is 1.92. The molecule has 6 heteroatoms. The van der Waals surface area contributed by atoms with Gasteiger partial charge in [0.2, 0.25) is 0 Å². The number of fused-ring (bicyclic) bond motifs is 1. The van der Waals surface area contributed by atoms with Crippen LogP contribution in [-0.4, -0.2) is 54.8 Å². The lowest BCUT2D eigenvalue weighted by molar-refractivity contribution is 0.0496. The molecule has 1 N–H and O–H groups in total. The van der Waals surface area contributed by atoms with E-state index < -0.39 is 5.50 Å². The van der Waals surface area contributed by atoms with Gasteiger partial charge in [-0.15, -0.1) is 0 Å². The average Bonchev–Trinajstić information content (AvgIpc) is 2.99. The highest BCUT2D eigenvalue weighted by Gasteiger charge is 2.32. The van der Waals surface area contributed by atoms with Crippen molar-refractivity contribution in [1.82, 2.24) is 9.80 Å². The van der Waals surface area contributed by atoms with Gasteiger partial charge in [0.1, 0.15) is 13.7 Å². The number of piperidine rings is 1. The van der Waals surface area contributed by atoms with Crippen molar-refractivity contribution in [1.29, 1.82) is 0 Å². The highest BCUT2D eigenvalue weighted by atomic mass is 19.1. The van der Waals surface area contributed by atoms with E-state index in [4.69, 9.17) is 7.85 Å². The molecular weight excluding hydrogens is 354 g/mol. The van der Waals surface area contributed by atoms with E-state index in [2.05, 4.69) is 4.90 Å². The Labute approximate surface area is 166 Å². The number of aliphatic hydroxyl groups is 1. The van der Waals surface area contributed by atoms with E-state index in [0.717, 1.165) is 43.6 Å². The van der Waals surface area contributed by atoms with Crippen molar-refractivity contribution in [3.8, 4) is 0 Å². The Balaban J connectivity index is 1.29. The van der Waals surface area contributed by atoms with Crippen LogP contribution in [-0.2, 0) is 12.0 Å². The van der Waals surface area contributed by atoms with Gasteiger partial charge in [-0.2, -0.15) is 0 Å². The fraction of sp³-hybridized carbons (Fsp3) is 0.409. The van der Waals surface area contributed by atoms with Gasteiger partial charge < -0.3 is 14.9 Å². The number of amides is 1. The second kappa shape index (κ2) is 7.68. The lowest BCUT2D eigenvalue weighted by Gasteiger charge is -2.38. The molecule has 0 aromatic heterocycles. The van der Waals surface area contributed by atoms with E-state index in [1.165, 1.54) is 24.3 Å². The van der Waals surface area contributed by atoms with Crippen molar-refractivity contribution in [3.05, 3.63) is 71.0 Å². The van der Waals surface area contributed by atoms with E-state index in [9.17, 15) is 14.3 Å². The number of nitrogens with zero attached hydrogens (tertiary/aromatic N) is 2. The molecule has 2 heterocycles. The van der Waals surface area contributed by atoms with Gasteiger partial charge in [-0.3, -0.25) is 4.79 Å². The number of benzene rings is 2. The fourth-order valence-corrected chi connectivity index (χ4v) is 4.27. The van der Waals surface area contributed by atoms with Gasteiger partial charge in [0.05, 0.1) is 5.50 Å². The van der Waals surface area contributed by atoms with Crippen LogP contribution in [0.25, 0.3) is 0 Å². The first-order chi connectivity index (χ1) is 13.4. The summed E-state index contributed by atoms with van der Waals surface area (Å²) in [4.78, 5) is 16.6. The number of carbonyl (C=O) groups is 1. The van der Waals surface area contributed by atoms with E-state index >= 15 is 0 Å². The van der Waals surface area contributed by atoms with E-state index in [0.29, 0.717) is 24.6 Å². The second-order valence-electron chi connectivity index (χ2n) is 7.99. The summed E-state index contributed by atoms with van der Waals surface area (Å²) >= 11 is 0. The molecule has 1 amide bonds. The van der Waals surface area contributed by atoms with E-state index in [-0.39, 0.29) is 11.7 Å². The van der Waals surface area contributed by atoms with Crippen LogP contribution in [0.1, 0.15) is 34.3 Å². The molecule has 1 atom stereocenters. The van der Waals surface area contributed by atoms with Crippen molar-refractivity contribution < 1.29 is 14.3 Å². The first-order valence-electron chi connectivity index (χ1n) is 9.79. The molecule has 0 saturated carbocycles. The van der Waals surface area contributed by atoms with E-state index in [1.54, 1.807) is 0 Å². The maximum Gasteiger partial charge on any atom is 0.254 e. The topological polar surface area (TPSA) is 43.8 Å². The standard InChI is InChI=1S/C22H24BFN2O2/c23-22(28,18-5-7-19(24)8-6-18)15-25-11-9-16(10-12-25)13-26-14-17-3-1-2-4-20(17)21(26)27/h1-8,16,28H,9-15H2. The minimum absolute atomic E-state index is 0.130. The zero-order valence-corrected chi connectivity index (χ0v) is 15.9. The predicted octanol–water partition coefficient (Wildman–Crippen LogP) is 2.51. The summed E-state index contributed by atoms with van der Waals surface area (Å²) in [7, 11) is 6.09. The molecule has 2 aliphatic rings. The molecule has 1 fully saturated rings. The predicted molar refractivity (Wildman–Crippen MR) is 106 cm³/mol. The normalized spacial score (nSPS) is 20.2. The van der Waals surface area contributed by atoms with E-state index in [1.807, 2.05) is 29.2 Å². The smallest absolute Gasteiger partial charge is 0.254 e. The molecule has 0 aliphatic carbocycles. The Morgan fingerprint density at radius 1 is 1.11 bits per heavy atom. The summed E-state index contributed by atoms with van der Waals surface area (Å²) in [6, 6.07) is 13.5. The average molecular weight is 378 g/mol. The zero-order valence-electron chi connectivity index (χ0n) is 15.9. The number of β-amino-alcohol motifs (C(OH)–C–C–N with tert-alkyl or cyclic N) is 1. The number of halogens is 1.